The van der Waals surface area contributed by atoms with E-state index in [9.17, 15) is 14.7 Å². The number of hydrogen-bond donors (Lipinski definition) is 3. The average molecular weight is 550 g/mol. The lowest BCUT2D eigenvalue weighted by atomic mass is 9.76. The van der Waals surface area contributed by atoms with Crippen LogP contribution < -0.4 is 5.32 Å². The molecule has 0 radical (unpaired) electrons. The summed E-state index contributed by atoms with van der Waals surface area (Å²) < 4.78 is 0. The highest BCUT2D eigenvalue weighted by Crippen LogP contribution is 2.35. The number of carboxylic acids is 2. The van der Waals surface area contributed by atoms with Crippen molar-refractivity contribution < 1.29 is 19.8 Å². The highest BCUT2D eigenvalue weighted by molar-refractivity contribution is 5.75. The second-order valence-corrected chi connectivity index (χ2v) is 11.5. The van der Waals surface area contributed by atoms with Gasteiger partial charge in [0, 0.05) is 6.42 Å². The van der Waals surface area contributed by atoms with Gasteiger partial charge in [-0.2, -0.15) is 0 Å². The first-order chi connectivity index (χ1) is 19.0. The summed E-state index contributed by atoms with van der Waals surface area (Å²) in [5, 5.41) is 22.5. The summed E-state index contributed by atoms with van der Waals surface area (Å²) in [6, 6.07) is 0. The van der Waals surface area contributed by atoms with E-state index in [0.29, 0.717) is 12.8 Å². The Kier molecular flexibility index (Phi) is 26.8. The Morgan fingerprint density at radius 3 is 1.54 bits per heavy atom. The topological polar surface area (TPSA) is 86.6 Å². The van der Waals surface area contributed by atoms with E-state index < -0.39 is 17.4 Å². The smallest absolute Gasteiger partial charge is 0.310 e. The molecule has 0 unspecified atom stereocenters. The number of aliphatic carboxylic acids is 2. The van der Waals surface area contributed by atoms with Crippen LogP contribution in [-0.2, 0) is 9.59 Å². The molecule has 0 fully saturated rings. The zero-order valence-electron chi connectivity index (χ0n) is 25.7. The van der Waals surface area contributed by atoms with Crippen LogP contribution in [0.4, 0.5) is 0 Å². The molecular formula is C34H63NO4. The fourth-order valence-corrected chi connectivity index (χ4v) is 5.05. The minimum absolute atomic E-state index is 0.289. The maximum absolute atomic E-state index is 12.5. The number of carboxylic acid groups (broad SMARTS) is 2. The van der Waals surface area contributed by atoms with Crippen molar-refractivity contribution in [1.29, 1.82) is 0 Å². The molecule has 0 heterocycles. The summed E-state index contributed by atoms with van der Waals surface area (Å²) >= 11 is 0. The molecule has 5 heteroatoms. The lowest BCUT2D eigenvalue weighted by molar-refractivity contribution is -0.149. The van der Waals surface area contributed by atoms with Gasteiger partial charge in [0.25, 0.3) is 0 Å². The molecule has 0 amide bonds. The fourth-order valence-electron chi connectivity index (χ4n) is 5.05. The predicted molar refractivity (Wildman–Crippen MR) is 166 cm³/mol. The highest BCUT2D eigenvalue weighted by atomic mass is 16.4. The quantitative estimate of drug-likeness (QED) is 0.0613. The molecule has 0 saturated carbocycles. The minimum atomic E-state index is -0.694. The normalized spacial score (nSPS) is 12.2. The number of nitrogens with one attached hydrogen (secondary N) is 1. The second kappa shape index (κ2) is 27.9. The van der Waals surface area contributed by atoms with E-state index in [1.54, 1.807) is 0 Å². The zero-order valence-corrected chi connectivity index (χ0v) is 25.7. The molecule has 0 aliphatic heterocycles. The molecule has 0 aliphatic carbocycles. The molecule has 0 aromatic heterocycles. The third-order valence-electron chi connectivity index (χ3n) is 7.76. The van der Waals surface area contributed by atoms with Crippen molar-refractivity contribution >= 4 is 11.9 Å². The Balaban J connectivity index is 4.36. The van der Waals surface area contributed by atoms with Crippen LogP contribution in [-0.4, -0.2) is 35.2 Å². The Labute approximate surface area is 241 Å². The van der Waals surface area contributed by atoms with Crippen molar-refractivity contribution in [2.24, 2.45) is 5.41 Å². The largest absolute Gasteiger partial charge is 0.481 e. The van der Waals surface area contributed by atoms with Crippen molar-refractivity contribution in [3.8, 4) is 0 Å². The van der Waals surface area contributed by atoms with Gasteiger partial charge >= 0.3 is 11.9 Å². The average Bonchev–Trinajstić information content (AvgIpc) is 2.91. The standard InChI is InChI=1S/C34H63NO4/c1-3-5-7-9-11-15-21-27-34(33(38)39,28-22-16-12-10-8-6-4-2)29-23-17-19-25-31-35-30-24-18-13-14-20-26-32(36)37/h15-16,21-22,35H,3-14,17-20,23-31H2,1-2H3,(H,36,37)(H,38,39)/b21-15-,22-16-. The highest BCUT2D eigenvalue weighted by Gasteiger charge is 2.35. The van der Waals surface area contributed by atoms with Crippen molar-refractivity contribution in [3.63, 3.8) is 0 Å². The van der Waals surface area contributed by atoms with Crippen LogP contribution in [0.5, 0.6) is 0 Å². The van der Waals surface area contributed by atoms with Crippen LogP contribution in [0.3, 0.4) is 0 Å². The molecule has 0 rings (SSSR count). The van der Waals surface area contributed by atoms with Gasteiger partial charge in [-0.25, -0.2) is 0 Å². The first-order valence-corrected chi connectivity index (χ1v) is 16.4. The molecule has 0 aromatic carbocycles. The molecule has 0 bridgehead atoms. The molecule has 0 saturated heterocycles. The second-order valence-electron chi connectivity index (χ2n) is 11.5. The fraction of sp³-hybridized carbons (Fsp3) is 0.824. The van der Waals surface area contributed by atoms with Crippen molar-refractivity contribution in [2.45, 2.75) is 162 Å². The zero-order chi connectivity index (χ0) is 28.9. The first-order valence-electron chi connectivity index (χ1n) is 16.4. The summed E-state index contributed by atoms with van der Waals surface area (Å²) in [5.74, 6) is -1.33. The molecule has 0 spiro atoms. The van der Waals surface area contributed by atoms with Crippen LogP contribution in [0.2, 0.25) is 0 Å². The summed E-state index contributed by atoms with van der Waals surface area (Å²) in [4.78, 5) is 23.0. The van der Waals surface area contributed by atoms with Gasteiger partial charge in [-0.05, 0) is 77.3 Å². The lowest BCUT2D eigenvalue weighted by Crippen LogP contribution is -2.30. The summed E-state index contributed by atoms with van der Waals surface area (Å²) in [6.45, 7) is 6.49. The van der Waals surface area contributed by atoms with Gasteiger partial charge in [0.15, 0.2) is 0 Å². The van der Waals surface area contributed by atoms with E-state index in [1.165, 1.54) is 51.4 Å². The van der Waals surface area contributed by atoms with E-state index in [2.05, 4.69) is 43.5 Å². The summed E-state index contributed by atoms with van der Waals surface area (Å²) in [6.07, 6.45) is 32.6. The molecule has 5 nitrogen and oxygen atoms in total. The predicted octanol–water partition coefficient (Wildman–Crippen LogP) is 9.86. The summed E-state index contributed by atoms with van der Waals surface area (Å²) in [5.41, 5.74) is -0.678. The number of hydrogen-bond acceptors (Lipinski definition) is 3. The molecule has 228 valence electrons. The number of rotatable bonds is 30. The SMILES string of the molecule is CCCCCC/C=C\CC(C/C=C\CCCCCC)(CCCCCCNCCCCCCCC(=O)O)C(=O)O. The molecule has 0 aromatic rings. The Morgan fingerprint density at radius 1 is 0.590 bits per heavy atom. The van der Waals surface area contributed by atoms with Crippen LogP contribution >= 0.6 is 0 Å². The lowest BCUT2D eigenvalue weighted by Gasteiger charge is -2.27. The van der Waals surface area contributed by atoms with E-state index in [-0.39, 0.29) is 6.42 Å². The third kappa shape index (κ3) is 23.9. The molecule has 0 aliphatic rings. The summed E-state index contributed by atoms with van der Waals surface area (Å²) in [7, 11) is 0. The number of carbonyl (C=O) groups is 2. The monoisotopic (exact) mass is 549 g/mol. The van der Waals surface area contributed by atoms with Gasteiger partial charge in [-0.3, -0.25) is 9.59 Å². The molecule has 3 N–H and O–H groups in total. The van der Waals surface area contributed by atoms with E-state index in [1.807, 2.05) is 0 Å². The van der Waals surface area contributed by atoms with Gasteiger partial charge in [0.1, 0.15) is 0 Å². The van der Waals surface area contributed by atoms with E-state index in [4.69, 9.17) is 5.11 Å². The van der Waals surface area contributed by atoms with Gasteiger partial charge < -0.3 is 15.5 Å². The van der Waals surface area contributed by atoms with Crippen molar-refractivity contribution in [1.82, 2.24) is 5.32 Å². The van der Waals surface area contributed by atoms with Gasteiger partial charge in [-0.1, -0.05) is 115 Å². The first kappa shape index (κ1) is 37.4. The van der Waals surface area contributed by atoms with Crippen molar-refractivity contribution in [3.05, 3.63) is 24.3 Å². The molecular weight excluding hydrogens is 486 g/mol. The minimum Gasteiger partial charge on any atom is -0.481 e. The van der Waals surface area contributed by atoms with E-state index in [0.717, 1.165) is 90.1 Å². The van der Waals surface area contributed by atoms with Crippen molar-refractivity contribution in [2.75, 3.05) is 13.1 Å². The van der Waals surface area contributed by atoms with Crippen LogP contribution in [0.25, 0.3) is 0 Å². The number of allylic oxidation sites excluding steroid dienone is 4. The third-order valence-corrected chi connectivity index (χ3v) is 7.76. The van der Waals surface area contributed by atoms with E-state index >= 15 is 0 Å². The maximum Gasteiger partial charge on any atom is 0.310 e. The Hall–Kier alpha value is -1.62. The number of unbranched alkanes of at least 4 members (excludes halogenated alkanes) is 15. The Bertz CT molecular complexity index is 605. The Morgan fingerprint density at radius 2 is 1.05 bits per heavy atom. The molecule has 39 heavy (non-hydrogen) atoms. The van der Waals surface area contributed by atoms with Crippen LogP contribution in [0.15, 0.2) is 24.3 Å². The van der Waals surface area contributed by atoms with Gasteiger partial charge in [0.05, 0.1) is 5.41 Å². The van der Waals surface area contributed by atoms with Gasteiger partial charge in [0.2, 0.25) is 0 Å². The molecule has 0 atom stereocenters. The van der Waals surface area contributed by atoms with Crippen LogP contribution in [0, 0.1) is 5.41 Å². The van der Waals surface area contributed by atoms with Gasteiger partial charge in [-0.15, -0.1) is 0 Å². The maximum atomic E-state index is 12.5. The van der Waals surface area contributed by atoms with Crippen LogP contribution in [0.1, 0.15) is 162 Å².